The molecule has 0 fully saturated rings. The highest BCUT2D eigenvalue weighted by Gasteiger charge is 2.09. The standard InChI is InChI=1S/C17H14F2O2/c1-2-21-14-5-3-4-12(10-14)6-9-17(20)15-8-7-13(18)11-16(15)19/h3-11H,2H2,1H3. The van der Waals surface area contributed by atoms with Gasteiger partial charge in [-0.1, -0.05) is 18.2 Å². The molecule has 0 aliphatic heterocycles. The molecule has 0 heterocycles. The maximum Gasteiger partial charge on any atom is 0.188 e. The zero-order chi connectivity index (χ0) is 15.2. The van der Waals surface area contributed by atoms with Crippen LogP contribution in [-0.2, 0) is 0 Å². The van der Waals surface area contributed by atoms with Gasteiger partial charge < -0.3 is 4.74 Å². The lowest BCUT2D eigenvalue weighted by Gasteiger charge is -2.03. The summed E-state index contributed by atoms with van der Waals surface area (Å²) >= 11 is 0. The van der Waals surface area contributed by atoms with Gasteiger partial charge in [-0.05, 0) is 42.8 Å². The van der Waals surface area contributed by atoms with Crippen LogP contribution in [0, 0.1) is 11.6 Å². The lowest BCUT2D eigenvalue weighted by atomic mass is 10.1. The van der Waals surface area contributed by atoms with Crippen molar-refractivity contribution in [3.63, 3.8) is 0 Å². The Morgan fingerprint density at radius 1 is 1.19 bits per heavy atom. The van der Waals surface area contributed by atoms with Gasteiger partial charge in [0.05, 0.1) is 12.2 Å². The van der Waals surface area contributed by atoms with Crippen molar-refractivity contribution in [3.8, 4) is 5.75 Å². The second kappa shape index (κ2) is 6.79. The average Bonchev–Trinajstić information content (AvgIpc) is 2.45. The average molecular weight is 288 g/mol. The highest BCUT2D eigenvalue weighted by atomic mass is 19.1. The molecule has 0 atom stereocenters. The van der Waals surface area contributed by atoms with Gasteiger partial charge in [0.1, 0.15) is 17.4 Å². The Bertz CT molecular complexity index is 678. The Hall–Kier alpha value is -2.49. The maximum absolute atomic E-state index is 13.5. The number of halogens is 2. The molecule has 2 rings (SSSR count). The van der Waals surface area contributed by atoms with Crippen molar-refractivity contribution < 1.29 is 18.3 Å². The summed E-state index contributed by atoms with van der Waals surface area (Å²) in [7, 11) is 0. The second-order valence-electron chi connectivity index (χ2n) is 4.33. The number of carbonyl (C=O) groups is 1. The molecule has 0 aliphatic carbocycles. The Balaban J connectivity index is 2.16. The highest BCUT2D eigenvalue weighted by molar-refractivity contribution is 6.07. The molecule has 0 N–H and O–H groups in total. The van der Waals surface area contributed by atoms with E-state index in [1.54, 1.807) is 24.3 Å². The summed E-state index contributed by atoms with van der Waals surface area (Å²) in [6.45, 7) is 2.43. The van der Waals surface area contributed by atoms with E-state index in [2.05, 4.69) is 0 Å². The van der Waals surface area contributed by atoms with Crippen LogP contribution in [0.2, 0.25) is 0 Å². The van der Waals surface area contributed by atoms with Crippen molar-refractivity contribution in [1.82, 2.24) is 0 Å². The Morgan fingerprint density at radius 3 is 2.71 bits per heavy atom. The van der Waals surface area contributed by atoms with Gasteiger partial charge in [-0.2, -0.15) is 0 Å². The molecule has 0 unspecified atom stereocenters. The van der Waals surface area contributed by atoms with Crippen LogP contribution in [0.3, 0.4) is 0 Å². The van der Waals surface area contributed by atoms with Crippen molar-refractivity contribution in [2.24, 2.45) is 0 Å². The first-order chi connectivity index (χ1) is 10.1. The Labute approximate surface area is 121 Å². The first kappa shape index (κ1) is 14.9. The molecule has 0 aliphatic rings. The molecule has 108 valence electrons. The van der Waals surface area contributed by atoms with Crippen LogP contribution in [-0.4, -0.2) is 12.4 Å². The van der Waals surface area contributed by atoms with Crippen molar-refractivity contribution in [3.05, 3.63) is 71.3 Å². The fourth-order valence-corrected chi connectivity index (χ4v) is 1.83. The highest BCUT2D eigenvalue weighted by Crippen LogP contribution is 2.16. The number of benzene rings is 2. The Morgan fingerprint density at radius 2 is 2.00 bits per heavy atom. The van der Waals surface area contributed by atoms with E-state index in [1.165, 1.54) is 6.08 Å². The molecule has 0 bridgehead atoms. The summed E-state index contributed by atoms with van der Waals surface area (Å²) in [6, 6.07) is 10.1. The fourth-order valence-electron chi connectivity index (χ4n) is 1.83. The zero-order valence-electron chi connectivity index (χ0n) is 11.5. The summed E-state index contributed by atoms with van der Waals surface area (Å²) in [5.74, 6) is -1.40. The molecule has 2 nitrogen and oxygen atoms in total. The van der Waals surface area contributed by atoms with E-state index in [-0.39, 0.29) is 5.56 Å². The maximum atomic E-state index is 13.5. The quantitative estimate of drug-likeness (QED) is 0.607. The first-order valence-corrected chi connectivity index (χ1v) is 6.50. The van der Waals surface area contributed by atoms with Crippen LogP contribution in [0.5, 0.6) is 5.75 Å². The van der Waals surface area contributed by atoms with Gasteiger partial charge in [-0.15, -0.1) is 0 Å². The van der Waals surface area contributed by atoms with Gasteiger partial charge in [0.2, 0.25) is 0 Å². The van der Waals surface area contributed by atoms with Crippen LogP contribution >= 0.6 is 0 Å². The molecule has 0 radical (unpaired) electrons. The molecule has 0 saturated carbocycles. The van der Waals surface area contributed by atoms with Gasteiger partial charge in [0, 0.05) is 6.07 Å². The molecule has 0 amide bonds. The van der Waals surface area contributed by atoms with E-state index < -0.39 is 17.4 Å². The predicted octanol–water partition coefficient (Wildman–Crippen LogP) is 4.26. The summed E-state index contributed by atoms with van der Waals surface area (Å²) in [4.78, 5) is 11.9. The molecule has 0 spiro atoms. The lowest BCUT2D eigenvalue weighted by Crippen LogP contribution is -1.99. The minimum atomic E-state index is -0.868. The number of hydrogen-bond donors (Lipinski definition) is 0. The van der Waals surface area contributed by atoms with E-state index in [0.717, 1.165) is 17.7 Å². The van der Waals surface area contributed by atoms with Crippen molar-refractivity contribution in [2.45, 2.75) is 6.92 Å². The van der Waals surface area contributed by atoms with E-state index in [0.29, 0.717) is 18.4 Å². The van der Waals surface area contributed by atoms with Gasteiger partial charge in [-0.3, -0.25) is 4.79 Å². The minimum Gasteiger partial charge on any atom is -0.494 e. The van der Waals surface area contributed by atoms with Crippen molar-refractivity contribution >= 4 is 11.9 Å². The minimum absolute atomic E-state index is 0.159. The van der Waals surface area contributed by atoms with Gasteiger partial charge in [-0.25, -0.2) is 8.78 Å². The normalized spacial score (nSPS) is 10.8. The molecule has 4 heteroatoms. The third-order valence-electron chi connectivity index (χ3n) is 2.79. The van der Waals surface area contributed by atoms with Gasteiger partial charge in [0.15, 0.2) is 5.78 Å². The number of hydrogen-bond acceptors (Lipinski definition) is 2. The van der Waals surface area contributed by atoms with Crippen molar-refractivity contribution in [1.29, 1.82) is 0 Å². The van der Waals surface area contributed by atoms with E-state index in [4.69, 9.17) is 4.74 Å². The van der Waals surface area contributed by atoms with E-state index in [1.807, 2.05) is 13.0 Å². The SMILES string of the molecule is CCOc1cccc(C=CC(=O)c2ccc(F)cc2F)c1. The third-order valence-corrected chi connectivity index (χ3v) is 2.79. The number of ketones is 1. The first-order valence-electron chi connectivity index (χ1n) is 6.50. The van der Waals surface area contributed by atoms with Gasteiger partial charge in [0.25, 0.3) is 0 Å². The van der Waals surface area contributed by atoms with E-state index >= 15 is 0 Å². The third kappa shape index (κ3) is 3.99. The summed E-state index contributed by atoms with van der Waals surface area (Å²) in [6.07, 6.45) is 2.81. The molecule has 21 heavy (non-hydrogen) atoms. The molecule has 2 aromatic carbocycles. The lowest BCUT2D eigenvalue weighted by molar-refractivity contribution is 0.104. The van der Waals surface area contributed by atoms with Crippen LogP contribution in [0.1, 0.15) is 22.8 Å². The molecule has 2 aromatic rings. The molecule has 0 saturated heterocycles. The van der Waals surface area contributed by atoms with Crippen molar-refractivity contribution in [2.75, 3.05) is 6.61 Å². The largest absolute Gasteiger partial charge is 0.494 e. The van der Waals surface area contributed by atoms with E-state index in [9.17, 15) is 13.6 Å². The smallest absolute Gasteiger partial charge is 0.188 e. The summed E-state index contributed by atoms with van der Waals surface area (Å²) < 4.78 is 31.6. The summed E-state index contributed by atoms with van der Waals surface area (Å²) in [5, 5.41) is 0. The predicted molar refractivity (Wildman–Crippen MR) is 77.3 cm³/mol. The van der Waals surface area contributed by atoms with Crippen LogP contribution in [0.25, 0.3) is 6.08 Å². The topological polar surface area (TPSA) is 26.3 Å². The second-order valence-corrected chi connectivity index (χ2v) is 4.33. The molecule has 0 aromatic heterocycles. The number of carbonyl (C=O) groups excluding carboxylic acids is 1. The monoisotopic (exact) mass is 288 g/mol. The number of ether oxygens (including phenoxy) is 1. The van der Waals surface area contributed by atoms with Crippen LogP contribution in [0.15, 0.2) is 48.5 Å². The fraction of sp³-hybridized carbons (Fsp3) is 0.118. The molecular formula is C17H14F2O2. The van der Waals surface area contributed by atoms with Gasteiger partial charge >= 0.3 is 0 Å². The zero-order valence-corrected chi connectivity index (χ0v) is 11.5. The van der Waals surface area contributed by atoms with Crippen LogP contribution in [0.4, 0.5) is 8.78 Å². The molecular weight excluding hydrogens is 274 g/mol. The summed E-state index contributed by atoms with van der Waals surface area (Å²) in [5.41, 5.74) is 0.602. The number of allylic oxidation sites excluding steroid dienone is 1. The Kier molecular flexibility index (Phi) is 4.82. The van der Waals surface area contributed by atoms with Crippen LogP contribution < -0.4 is 4.74 Å². The number of rotatable bonds is 5.